The fourth-order valence-electron chi connectivity index (χ4n) is 1.34. The molecule has 2 rings (SSSR count). The van der Waals surface area contributed by atoms with Crippen LogP contribution in [0.25, 0.3) is 0 Å². The highest BCUT2D eigenvalue weighted by atomic mass is 19.3. The summed E-state index contributed by atoms with van der Waals surface area (Å²) >= 11 is 0. The van der Waals surface area contributed by atoms with E-state index >= 15 is 0 Å². The van der Waals surface area contributed by atoms with E-state index in [-0.39, 0.29) is 6.04 Å². The Balaban J connectivity index is 2.34. The Labute approximate surface area is 83.0 Å². The molecular formula is C7H8F2N4O2. The fourth-order valence-corrected chi connectivity index (χ4v) is 1.34. The second-order valence-electron chi connectivity index (χ2n) is 3.25. The molecule has 6 nitrogen and oxygen atoms in total. The first-order valence-electron chi connectivity index (χ1n) is 4.32. The third-order valence-corrected chi connectivity index (χ3v) is 2.28. The number of rotatable bonds is 3. The Bertz CT molecular complexity index is 388. The lowest BCUT2D eigenvalue weighted by Crippen LogP contribution is -2.43. The van der Waals surface area contributed by atoms with Crippen LogP contribution in [0.5, 0.6) is 0 Å². The van der Waals surface area contributed by atoms with Crippen LogP contribution >= 0.6 is 0 Å². The van der Waals surface area contributed by atoms with Gasteiger partial charge in [0.1, 0.15) is 6.20 Å². The van der Waals surface area contributed by atoms with E-state index in [1.807, 2.05) is 0 Å². The summed E-state index contributed by atoms with van der Waals surface area (Å²) in [6.45, 7) is 1.20. The van der Waals surface area contributed by atoms with E-state index in [4.69, 9.17) is 0 Å². The minimum atomic E-state index is -2.92. The molecule has 1 aromatic rings. The standard InChI is InChI=1S/C7H8F2N4O2/c8-7(9)6-5(13(14)15)3-12(11-6)4-1-10-2-4/h3-4,7,10H,1-2H2. The van der Waals surface area contributed by atoms with Crippen molar-refractivity contribution in [2.24, 2.45) is 0 Å². The second kappa shape index (κ2) is 3.54. The molecule has 1 N–H and O–H groups in total. The molecule has 0 aliphatic carbocycles. The predicted octanol–water partition coefficient (Wildman–Crippen LogP) is 0.873. The van der Waals surface area contributed by atoms with Crippen molar-refractivity contribution in [1.29, 1.82) is 0 Å². The number of nitrogens with one attached hydrogen (secondary N) is 1. The van der Waals surface area contributed by atoms with Gasteiger partial charge in [-0.15, -0.1) is 0 Å². The molecule has 1 saturated heterocycles. The zero-order chi connectivity index (χ0) is 11.0. The third kappa shape index (κ3) is 1.67. The van der Waals surface area contributed by atoms with Crippen LogP contribution < -0.4 is 5.32 Å². The quantitative estimate of drug-likeness (QED) is 0.603. The van der Waals surface area contributed by atoms with Gasteiger partial charge in [0.2, 0.25) is 5.69 Å². The average molecular weight is 218 g/mol. The van der Waals surface area contributed by atoms with Crippen LogP contribution in [-0.4, -0.2) is 27.8 Å². The summed E-state index contributed by atoms with van der Waals surface area (Å²) in [5.41, 5.74) is -1.37. The Morgan fingerprint density at radius 2 is 2.33 bits per heavy atom. The van der Waals surface area contributed by atoms with Gasteiger partial charge in [-0.2, -0.15) is 5.10 Å². The third-order valence-electron chi connectivity index (χ3n) is 2.28. The molecule has 0 radical (unpaired) electrons. The van der Waals surface area contributed by atoms with Crippen molar-refractivity contribution in [3.05, 3.63) is 22.0 Å². The monoisotopic (exact) mass is 218 g/mol. The van der Waals surface area contributed by atoms with Crippen molar-refractivity contribution in [2.75, 3.05) is 13.1 Å². The Hall–Kier alpha value is -1.57. The van der Waals surface area contributed by atoms with Gasteiger partial charge in [-0.3, -0.25) is 14.8 Å². The molecular weight excluding hydrogens is 210 g/mol. The zero-order valence-corrected chi connectivity index (χ0v) is 7.56. The van der Waals surface area contributed by atoms with E-state index in [0.29, 0.717) is 13.1 Å². The molecule has 0 unspecified atom stereocenters. The van der Waals surface area contributed by atoms with Crippen molar-refractivity contribution >= 4 is 5.69 Å². The molecule has 0 amide bonds. The van der Waals surface area contributed by atoms with Gasteiger partial charge >= 0.3 is 5.69 Å². The summed E-state index contributed by atoms with van der Waals surface area (Å²) < 4.78 is 26.0. The van der Waals surface area contributed by atoms with Crippen LogP contribution in [0.4, 0.5) is 14.5 Å². The topological polar surface area (TPSA) is 73.0 Å². The summed E-state index contributed by atoms with van der Waals surface area (Å²) in [6, 6.07) is -0.0591. The van der Waals surface area contributed by atoms with Gasteiger partial charge in [0.15, 0.2) is 0 Å². The largest absolute Gasteiger partial charge is 0.316 e. The van der Waals surface area contributed by atoms with E-state index in [9.17, 15) is 18.9 Å². The van der Waals surface area contributed by atoms with Gasteiger partial charge in [0, 0.05) is 13.1 Å². The number of alkyl halides is 2. The van der Waals surface area contributed by atoms with Crippen molar-refractivity contribution < 1.29 is 13.7 Å². The number of aromatic nitrogens is 2. The molecule has 1 aromatic heterocycles. The molecule has 2 heterocycles. The van der Waals surface area contributed by atoms with Gasteiger partial charge in [0.05, 0.1) is 11.0 Å². The summed E-state index contributed by atoms with van der Waals surface area (Å²) in [5, 5.41) is 16.9. The highest BCUT2D eigenvalue weighted by Crippen LogP contribution is 2.28. The molecule has 8 heteroatoms. The van der Waals surface area contributed by atoms with Gasteiger partial charge in [-0.1, -0.05) is 0 Å². The highest BCUT2D eigenvalue weighted by Gasteiger charge is 2.30. The molecule has 0 spiro atoms. The minimum Gasteiger partial charge on any atom is -0.312 e. The van der Waals surface area contributed by atoms with Crippen molar-refractivity contribution in [2.45, 2.75) is 12.5 Å². The van der Waals surface area contributed by atoms with Gasteiger partial charge < -0.3 is 5.32 Å². The Kier molecular flexibility index (Phi) is 2.35. The molecule has 1 aliphatic heterocycles. The van der Waals surface area contributed by atoms with Gasteiger partial charge in [0.25, 0.3) is 6.43 Å². The number of nitrogens with zero attached hydrogens (tertiary/aromatic N) is 3. The molecule has 82 valence electrons. The maximum absolute atomic E-state index is 12.4. The first-order valence-corrected chi connectivity index (χ1v) is 4.32. The highest BCUT2D eigenvalue weighted by molar-refractivity contribution is 5.33. The van der Waals surface area contributed by atoms with E-state index in [1.54, 1.807) is 0 Å². The summed E-state index contributed by atoms with van der Waals surface area (Å²) in [4.78, 5) is 9.64. The lowest BCUT2D eigenvalue weighted by molar-refractivity contribution is -0.386. The summed E-state index contributed by atoms with van der Waals surface area (Å²) in [5.74, 6) is 0. The molecule has 1 aliphatic rings. The van der Waals surface area contributed by atoms with Crippen molar-refractivity contribution in [1.82, 2.24) is 15.1 Å². The van der Waals surface area contributed by atoms with Crippen LogP contribution in [0.3, 0.4) is 0 Å². The Morgan fingerprint density at radius 1 is 1.67 bits per heavy atom. The second-order valence-corrected chi connectivity index (χ2v) is 3.25. The van der Waals surface area contributed by atoms with E-state index < -0.39 is 22.7 Å². The first kappa shape index (κ1) is 9.97. The maximum atomic E-state index is 12.4. The SMILES string of the molecule is O=[N+]([O-])c1cn(C2CNC2)nc1C(F)F. The number of hydrogen-bond acceptors (Lipinski definition) is 4. The van der Waals surface area contributed by atoms with Crippen LogP contribution in [0.2, 0.25) is 0 Å². The van der Waals surface area contributed by atoms with Crippen molar-refractivity contribution in [3.63, 3.8) is 0 Å². The van der Waals surface area contributed by atoms with Crippen LogP contribution in [0.1, 0.15) is 18.2 Å². The van der Waals surface area contributed by atoms with Gasteiger partial charge in [-0.25, -0.2) is 8.78 Å². The number of hydrogen-bond donors (Lipinski definition) is 1. The smallest absolute Gasteiger partial charge is 0.312 e. The molecule has 0 atom stereocenters. The number of nitro groups is 1. The number of halogens is 2. The van der Waals surface area contributed by atoms with Crippen molar-refractivity contribution in [3.8, 4) is 0 Å². The summed E-state index contributed by atoms with van der Waals surface area (Å²) in [7, 11) is 0. The molecule has 15 heavy (non-hydrogen) atoms. The predicted molar refractivity (Wildman–Crippen MR) is 45.7 cm³/mol. The van der Waals surface area contributed by atoms with Crippen LogP contribution in [-0.2, 0) is 0 Å². The van der Waals surface area contributed by atoms with E-state index in [2.05, 4.69) is 10.4 Å². The minimum absolute atomic E-state index is 0.0591. The fraction of sp³-hybridized carbons (Fsp3) is 0.571. The molecule has 0 aromatic carbocycles. The van der Waals surface area contributed by atoms with E-state index in [0.717, 1.165) is 6.20 Å². The average Bonchev–Trinajstić information content (AvgIpc) is 2.45. The first-order chi connectivity index (χ1) is 7.09. The lowest BCUT2D eigenvalue weighted by Gasteiger charge is -2.26. The summed E-state index contributed by atoms with van der Waals surface area (Å²) in [6.07, 6.45) is -1.85. The lowest BCUT2D eigenvalue weighted by atomic mass is 10.2. The van der Waals surface area contributed by atoms with Crippen LogP contribution in [0.15, 0.2) is 6.20 Å². The van der Waals surface area contributed by atoms with E-state index in [1.165, 1.54) is 4.68 Å². The molecule has 0 saturated carbocycles. The molecule has 0 bridgehead atoms. The van der Waals surface area contributed by atoms with Gasteiger partial charge in [-0.05, 0) is 0 Å². The normalized spacial score (nSPS) is 16.7. The molecule has 1 fully saturated rings. The maximum Gasteiger partial charge on any atom is 0.316 e. The van der Waals surface area contributed by atoms with Crippen LogP contribution in [0, 0.1) is 10.1 Å². The zero-order valence-electron chi connectivity index (χ0n) is 7.56. The Morgan fingerprint density at radius 3 is 2.67 bits per heavy atom.